The van der Waals surface area contributed by atoms with Crippen LogP contribution in [0.25, 0.3) is 0 Å². The van der Waals surface area contributed by atoms with Gasteiger partial charge in [0.2, 0.25) is 0 Å². The molecule has 0 bridgehead atoms. The van der Waals surface area contributed by atoms with Crippen molar-refractivity contribution in [3.63, 3.8) is 0 Å². The van der Waals surface area contributed by atoms with E-state index in [0.717, 1.165) is 11.5 Å². The van der Waals surface area contributed by atoms with Crippen LogP contribution in [0.4, 0.5) is 11.4 Å². The minimum absolute atomic E-state index is 0. The topological polar surface area (TPSA) is 323 Å². The van der Waals surface area contributed by atoms with E-state index < -0.39 is 48.3 Å². The number of ether oxygens (including phenoxy) is 2. The average Bonchev–Trinajstić information content (AvgIpc) is 2.90. The van der Waals surface area contributed by atoms with Gasteiger partial charge >= 0.3 is 51.7 Å². The largest absolute Gasteiger partial charge is 3.00 e. The minimum Gasteiger partial charge on any atom is -0.848 e. The number of carbonyl (C=O) groups is 4. The van der Waals surface area contributed by atoms with E-state index in [1.54, 1.807) is 0 Å². The van der Waals surface area contributed by atoms with Crippen LogP contribution in [0, 0.1) is 0 Å². The van der Waals surface area contributed by atoms with Crippen LogP contribution in [0.3, 0.4) is 0 Å². The van der Waals surface area contributed by atoms with Gasteiger partial charge in [0.1, 0.15) is 11.5 Å². The number of carboxylic acid groups (broad SMARTS) is 4. The Kier molecular flexibility index (Phi) is 28.1. The molecule has 2 aromatic carbocycles. The van der Waals surface area contributed by atoms with Gasteiger partial charge in [-0.25, -0.2) is 0 Å². The molecule has 4 radical (unpaired) electrons. The summed E-state index contributed by atoms with van der Waals surface area (Å²) in [5.74, 6) is -7.39. The molecule has 0 aliphatic rings. The molecule has 42 heavy (non-hydrogen) atoms. The van der Waals surface area contributed by atoms with Gasteiger partial charge in [0.05, 0.1) is 24.6 Å². The number of carboxylic acids is 4. The number of nitrogen functional groups attached to an aromatic ring is 2. The number of anilines is 2. The molecule has 0 saturated heterocycles. The van der Waals surface area contributed by atoms with E-state index in [1.807, 2.05) is 62.4 Å². The Labute approximate surface area is 278 Å². The maximum absolute atomic E-state index is 9.97. The van der Waals surface area contributed by atoms with Gasteiger partial charge in [-0.15, -0.1) is 0 Å². The fraction of sp³-hybridized carbons (Fsp3) is 0.333. The molecule has 0 heterocycles. The van der Waals surface area contributed by atoms with Gasteiger partial charge in [-0.3, -0.25) is 0 Å². The zero-order valence-electron chi connectivity index (χ0n) is 24.1. The number of carbonyl (C=O) groups excluding carboxylic acids is 4. The number of para-hydroxylation sites is 4. The van der Waals surface area contributed by atoms with Gasteiger partial charge in [-0.05, 0) is 38.1 Å². The van der Waals surface area contributed by atoms with Gasteiger partial charge in [-0.1, -0.05) is 48.7 Å². The third-order valence-electron chi connectivity index (χ3n) is 3.92. The van der Waals surface area contributed by atoms with Gasteiger partial charge in [-0.2, -0.15) is 0 Å². The second-order valence-corrected chi connectivity index (χ2v) is 6.90. The first-order valence-electron chi connectivity index (χ1n) is 11.0. The Hall–Kier alpha value is -3.00. The fourth-order valence-electron chi connectivity index (χ4n) is 2.03. The first kappa shape index (κ1) is 46.0. The smallest absolute Gasteiger partial charge is 0.848 e. The summed E-state index contributed by atoms with van der Waals surface area (Å²) in [5, 5.41) is 78.0. The number of aliphatic carboxylic acids is 4. The normalized spacial score (nSPS) is 12.0. The zero-order chi connectivity index (χ0) is 31.4. The van der Waals surface area contributed by atoms with Crippen molar-refractivity contribution in [1.29, 1.82) is 0 Å². The molecule has 228 valence electrons. The van der Waals surface area contributed by atoms with Crippen molar-refractivity contribution in [1.82, 2.24) is 0 Å². The van der Waals surface area contributed by atoms with Crippen molar-refractivity contribution >= 4 is 84.1 Å². The third kappa shape index (κ3) is 20.0. The third-order valence-corrected chi connectivity index (χ3v) is 3.92. The fourth-order valence-corrected chi connectivity index (χ4v) is 2.03. The predicted octanol–water partition coefficient (Wildman–Crippen LogP) is -9.31. The molecule has 2 rings (SSSR count). The van der Waals surface area contributed by atoms with Gasteiger partial charge in [0, 0.05) is 23.9 Å². The summed E-state index contributed by atoms with van der Waals surface area (Å²) >= 11 is 0. The van der Waals surface area contributed by atoms with Crippen molar-refractivity contribution in [3.8, 4) is 11.5 Å². The van der Waals surface area contributed by atoms with Crippen LogP contribution in [-0.4, -0.2) is 110 Å². The number of rotatable bonds is 10. The summed E-state index contributed by atoms with van der Waals surface area (Å²) in [4.78, 5) is 38.1. The second kappa shape index (κ2) is 25.7. The first-order chi connectivity index (χ1) is 18.6. The van der Waals surface area contributed by atoms with Crippen LogP contribution in [0.15, 0.2) is 48.5 Å². The quantitative estimate of drug-likeness (QED) is 0.166. The van der Waals surface area contributed by atoms with E-state index in [4.69, 9.17) is 20.9 Å². The summed E-state index contributed by atoms with van der Waals surface area (Å²) in [6.45, 7) is 5.20. The zero-order valence-corrected chi connectivity index (χ0v) is 27.2. The molecule has 2 aromatic rings. The van der Waals surface area contributed by atoms with E-state index in [2.05, 4.69) is 0 Å². The Morgan fingerprint density at radius 1 is 0.595 bits per heavy atom. The molecule has 0 fully saturated rings. The van der Waals surface area contributed by atoms with Crippen LogP contribution in [0.1, 0.15) is 16.7 Å². The van der Waals surface area contributed by atoms with E-state index in [1.165, 1.54) is 0 Å². The van der Waals surface area contributed by atoms with E-state index in [0.29, 0.717) is 24.6 Å². The van der Waals surface area contributed by atoms with Crippen molar-refractivity contribution < 1.29 is 72.4 Å². The Bertz CT molecular complexity index is 969. The summed E-state index contributed by atoms with van der Waals surface area (Å²) in [7, 11) is 0. The van der Waals surface area contributed by atoms with Crippen LogP contribution in [-0.2, 0) is 19.2 Å². The van der Waals surface area contributed by atoms with Crippen molar-refractivity contribution in [2.24, 2.45) is 0 Å². The van der Waals surface area contributed by atoms with Gasteiger partial charge < -0.3 is 81.0 Å². The number of nitrogens with two attached hydrogens (primary N) is 2. The Morgan fingerprint density at radius 3 is 0.976 bits per heavy atom. The van der Waals surface area contributed by atoms with Gasteiger partial charge in [0.15, 0.2) is 0 Å². The summed E-state index contributed by atoms with van der Waals surface area (Å²) < 4.78 is 10.4. The number of hydrogen-bond donors (Lipinski definition) is 2. The number of benzene rings is 2. The molecule has 18 heteroatoms. The van der Waals surface area contributed by atoms with Crippen molar-refractivity contribution in [2.75, 3.05) is 24.7 Å². The summed E-state index contributed by atoms with van der Waals surface area (Å²) in [5.41, 5.74) is 12.6. The van der Waals surface area contributed by atoms with E-state index in [9.17, 15) is 60.0 Å². The molecule has 4 N–H and O–H groups in total. The molecule has 0 saturated carbocycles. The first-order valence-corrected chi connectivity index (χ1v) is 11.0. The average molecular weight is 812 g/mol. The van der Waals surface area contributed by atoms with Crippen molar-refractivity contribution in [3.05, 3.63) is 48.5 Å². The van der Waals surface area contributed by atoms with E-state index in [-0.39, 0.29) is 51.7 Å². The summed E-state index contributed by atoms with van der Waals surface area (Å²) in [6, 6.07) is 15.0. The Morgan fingerprint density at radius 2 is 0.810 bits per heavy atom. The molecule has 0 aromatic heterocycles. The minimum atomic E-state index is -2.80. The maximum atomic E-state index is 9.97. The monoisotopic (exact) mass is 810 g/mol. The van der Waals surface area contributed by atoms with Crippen LogP contribution >= 0.6 is 0 Å². The summed E-state index contributed by atoms with van der Waals surface area (Å²) in [6.07, 6.45) is -11.2. The SMILES string of the molecule is CCOc1ccccc1N.CCOc1ccccc1N.O=C([O-])C([O-])C([O-])C(=O)[O-].O=C([O-])C([O-])C([O-])C(=O)[O-].[H+].[H+].[Sb+3].[Sb+3]. The molecular weight excluding hydrogens is 784 g/mol. The molecule has 4 atom stereocenters. The van der Waals surface area contributed by atoms with Crippen LogP contribution in [0.5, 0.6) is 11.5 Å². The predicted molar refractivity (Wildman–Crippen MR) is 133 cm³/mol. The molecule has 0 amide bonds. The van der Waals surface area contributed by atoms with Crippen molar-refractivity contribution in [2.45, 2.75) is 38.3 Å². The number of hydrogen-bond acceptors (Lipinski definition) is 16. The maximum Gasteiger partial charge on any atom is 3.00 e. The molecule has 16 nitrogen and oxygen atoms in total. The standard InChI is InChI=1S/2C8H11NO.2C4H4O6.2Sb/c2*1-2-10-8-6-4-3-5-7(8)9;2*5-1(3(7)8)2(6)4(9)10;;/h2*3-6H,2,9H2,1H3;2*1-2H,(H,7,8)(H,9,10);;/q;;2*-2;2*+3/p-2. The molecule has 0 aliphatic carbocycles. The van der Waals surface area contributed by atoms with E-state index >= 15 is 0 Å². The van der Waals surface area contributed by atoms with Crippen LogP contribution in [0.2, 0.25) is 0 Å². The Balaban J connectivity index is -0.000000106. The van der Waals surface area contributed by atoms with Gasteiger partial charge in [0.25, 0.3) is 0 Å². The molecule has 0 aliphatic heterocycles. The molecule has 4 unspecified atom stereocenters. The second-order valence-electron chi connectivity index (χ2n) is 6.90. The van der Waals surface area contributed by atoms with Crippen LogP contribution < -0.4 is 61.8 Å². The molecule has 0 spiro atoms. The molecular formula is C24H28N2O14Sb2.